The van der Waals surface area contributed by atoms with Crippen LogP contribution in [0.1, 0.15) is 19.4 Å². The van der Waals surface area contributed by atoms with E-state index in [2.05, 4.69) is 5.32 Å². The summed E-state index contributed by atoms with van der Waals surface area (Å²) in [5.74, 6) is -1.15. The van der Waals surface area contributed by atoms with Gasteiger partial charge < -0.3 is 5.32 Å². The lowest BCUT2D eigenvalue weighted by Crippen LogP contribution is -2.42. The van der Waals surface area contributed by atoms with Crippen molar-refractivity contribution in [1.82, 2.24) is 9.62 Å². The Labute approximate surface area is 168 Å². The van der Waals surface area contributed by atoms with E-state index in [1.165, 1.54) is 42.5 Å². The molecule has 0 heterocycles. The van der Waals surface area contributed by atoms with Gasteiger partial charge in [0.25, 0.3) is 0 Å². The molecule has 5 nitrogen and oxygen atoms in total. The van der Waals surface area contributed by atoms with Crippen molar-refractivity contribution in [3.8, 4) is 0 Å². The van der Waals surface area contributed by atoms with E-state index in [4.69, 9.17) is 23.2 Å². The first kappa shape index (κ1) is 21.6. The normalized spacial score (nSPS) is 11.8. The molecule has 146 valence electrons. The Bertz CT molecular complexity index is 898. The van der Waals surface area contributed by atoms with Gasteiger partial charge in [0.2, 0.25) is 15.9 Å². The molecule has 2 aromatic rings. The molecule has 1 amide bonds. The summed E-state index contributed by atoms with van der Waals surface area (Å²) < 4.78 is 41.1. The van der Waals surface area contributed by atoms with Gasteiger partial charge in [0.1, 0.15) is 5.82 Å². The van der Waals surface area contributed by atoms with Crippen LogP contribution in [0.4, 0.5) is 4.39 Å². The molecule has 0 aliphatic heterocycles. The zero-order chi connectivity index (χ0) is 20.2. The van der Waals surface area contributed by atoms with Crippen LogP contribution < -0.4 is 5.32 Å². The summed E-state index contributed by atoms with van der Waals surface area (Å²) in [4.78, 5) is 12.1. The number of benzene rings is 2. The molecule has 0 saturated carbocycles. The second-order valence-corrected chi connectivity index (χ2v) is 8.93. The largest absolute Gasteiger partial charge is 0.353 e. The predicted octanol–water partition coefficient (Wildman–Crippen LogP) is 3.85. The topological polar surface area (TPSA) is 66.5 Å². The van der Waals surface area contributed by atoms with Gasteiger partial charge in [-0.3, -0.25) is 4.79 Å². The Morgan fingerprint density at radius 1 is 1.15 bits per heavy atom. The molecule has 0 aliphatic rings. The molecule has 0 aromatic heterocycles. The fourth-order valence-corrected chi connectivity index (χ4v) is 4.08. The van der Waals surface area contributed by atoms with Crippen LogP contribution in [0.2, 0.25) is 10.0 Å². The molecule has 0 radical (unpaired) electrons. The monoisotopic (exact) mass is 432 g/mol. The van der Waals surface area contributed by atoms with Crippen molar-refractivity contribution >= 4 is 39.1 Å². The second kappa shape index (κ2) is 9.01. The SMILES string of the molecule is CC(C)NC(=O)CN(Cc1c(F)cccc1Cl)S(=O)(=O)c1ccc(Cl)cc1. The molecule has 0 saturated heterocycles. The zero-order valence-electron chi connectivity index (χ0n) is 14.7. The highest BCUT2D eigenvalue weighted by Crippen LogP contribution is 2.25. The Morgan fingerprint density at radius 3 is 2.33 bits per heavy atom. The highest BCUT2D eigenvalue weighted by atomic mass is 35.5. The average molecular weight is 433 g/mol. The Hall–Kier alpha value is -1.67. The van der Waals surface area contributed by atoms with Gasteiger partial charge in [-0.1, -0.05) is 29.3 Å². The van der Waals surface area contributed by atoms with Gasteiger partial charge in [-0.25, -0.2) is 12.8 Å². The van der Waals surface area contributed by atoms with Crippen LogP contribution in [0.3, 0.4) is 0 Å². The van der Waals surface area contributed by atoms with Crippen molar-refractivity contribution in [1.29, 1.82) is 0 Å². The van der Waals surface area contributed by atoms with Crippen LogP contribution in [0.15, 0.2) is 47.4 Å². The summed E-state index contributed by atoms with van der Waals surface area (Å²) in [7, 11) is -4.09. The number of hydrogen-bond donors (Lipinski definition) is 1. The van der Waals surface area contributed by atoms with E-state index in [1.54, 1.807) is 13.8 Å². The molecule has 0 unspecified atom stereocenters. The molecule has 1 N–H and O–H groups in total. The number of carbonyl (C=O) groups is 1. The van der Waals surface area contributed by atoms with Gasteiger partial charge in [-0.2, -0.15) is 4.31 Å². The van der Waals surface area contributed by atoms with Crippen LogP contribution in [0, 0.1) is 5.82 Å². The summed E-state index contributed by atoms with van der Waals surface area (Å²) in [6.45, 7) is 2.64. The molecular weight excluding hydrogens is 414 g/mol. The molecular formula is C18H19Cl2FN2O3S. The fourth-order valence-electron chi connectivity index (χ4n) is 2.37. The number of amides is 1. The lowest BCUT2D eigenvalue weighted by atomic mass is 10.2. The van der Waals surface area contributed by atoms with E-state index in [9.17, 15) is 17.6 Å². The molecule has 27 heavy (non-hydrogen) atoms. The first-order valence-electron chi connectivity index (χ1n) is 8.09. The number of rotatable bonds is 7. The van der Waals surface area contributed by atoms with Crippen molar-refractivity contribution in [2.45, 2.75) is 31.3 Å². The van der Waals surface area contributed by atoms with Gasteiger partial charge >= 0.3 is 0 Å². The Morgan fingerprint density at radius 2 is 1.78 bits per heavy atom. The quantitative estimate of drug-likeness (QED) is 0.722. The molecule has 9 heteroatoms. The molecule has 2 aromatic carbocycles. The first-order valence-corrected chi connectivity index (χ1v) is 10.3. The van der Waals surface area contributed by atoms with Crippen LogP contribution in [-0.2, 0) is 21.4 Å². The third kappa shape index (κ3) is 5.65. The predicted molar refractivity (Wildman–Crippen MR) is 104 cm³/mol. The van der Waals surface area contributed by atoms with E-state index in [1.807, 2.05) is 0 Å². The van der Waals surface area contributed by atoms with Crippen molar-refractivity contribution in [3.05, 3.63) is 63.9 Å². The third-order valence-electron chi connectivity index (χ3n) is 3.62. The van der Waals surface area contributed by atoms with Crippen LogP contribution >= 0.6 is 23.2 Å². The Kier molecular flexibility index (Phi) is 7.22. The summed E-state index contributed by atoms with van der Waals surface area (Å²) >= 11 is 11.8. The summed E-state index contributed by atoms with van der Waals surface area (Å²) in [6, 6.07) is 9.40. The van der Waals surface area contributed by atoms with Gasteiger partial charge in [0.15, 0.2) is 0 Å². The Balaban J connectivity index is 2.42. The minimum atomic E-state index is -4.09. The molecule has 0 bridgehead atoms. The smallest absolute Gasteiger partial charge is 0.243 e. The van der Waals surface area contributed by atoms with E-state index >= 15 is 0 Å². The lowest BCUT2D eigenvalue weighted by molar-refractivity contribution is -0.121. The van der Waals surface area contributed by atoms with Crippen LogP contribution in [0.25, 0.3) is 0 Å². The number of nitrogens with one attached hydrogen (secondary N) is 1. The summed E-state index contributed by atoms with van der Waals surface area (Å²) in [6.07, 6.45) is 0. The van der Waals surface area contributed by atoms with E-state index in [0.29, 0.717) is 5.02 Å². The molecule has 2 rings (SSSR count). The van der Waals surface area contributed by atoms with Crippen molar-refractivity contribution in [3.63, 3.8) is 0 Å². The highest BCUT2D eigenvalue weighted by Gasteiger charge is 2.28. The number of nitrogens with zero attached hydrogens (tertiary/aromatic N) is 1. The van der Waals surface area contributed by atoms with Gasteiger partial charge in [0.05, 0.1) is 11.4 Å². The van der Waals surface area contributed by atoms with E-state index in [0.717, 1.165) is 4.31 Å². The van der Waals surface area contributed by atoms with Gasteiger partial charge in [-0.05, 0) is 50.2 Å². The third-order valence-corrected chi connectivity index (χ3v) is 6.03. The minimum Gasteiger partial charge on any atom is -0.353 e. The maximum atomic E-state index is 14.2. The fraction of sp³-hybridized carbons (Fsp3) is 0.278. The molecule has 0 spiro atoms. The number of hydrogen-bond acceptors (Lipinski definition) is 3. The maximum Gasteiger partial charge on any atom is 0.243 e. The minimum absolute atomic E-state index is 0.00551. The number of halogens is 3. The zero-order valence-corrected chi connectivity index (χ0v) is 17.1. The van der Waals surface area contributed by atoms with Crippen molar-refractivity contribution in [2.24, 2.45) is 0 Å². The number of sulfonamides is 1. The molecule has 0 atom stereocenters. The highest BCUT2D eigenvalue weighted by molar-refractivity contribution is 7.89. The van der Waals surface area contributed by atoms with Gasteiger partial charge in [0, 0.05) is 28.2 Å². The first-order chi connectivity index (χ1) is 12.6. The van der Waals surface area contributed by atoms with Gasteiger partial charge in [-0.15, -0.1) is 0 Å². The molecule has 0 fully saturated rings. The number of carbonyl (C=O) groups excluding carboxylic acids is 1. The van der Waals surface area contributed by atoms with Crippen molar-refractivity contribution in [2.75, 3.05) is 6.54 Å². The summed E-state index contributed by atoms with van der Waals surface area (Å²) in [5, 5.41) is 3.08. The standard InChI is InChI=1S/C18H19Cl2FN2O3S/c1-12(2)22-18(24)11-23(10-15-16(20)4-3-5-17(15)21)27(25,26)14-8-6-13(19)7-9-14/h3-9,12H,10-11H2,1-2H3,(H,22,24). The lowest BCUT2D eigenvalue weighted by Gasteiger charge is -2.23. The van der Waals surface area contributed by atoms with E-state index in [-0.39, 0.29) is 28.1 Å². The maximum absolute atomic E-state index is 14.2. The van der Waals surface area contributed by atoms with Crippen LogP contribution in [0.5, 0.6) is 0 Å². The average Bonchev–Trinajstić information content (AvgIpc) is 2.57. The van der Waals surface area contributed by atoms with Crippen LogP contribution in [-0.4, -0.2) is 31.2 Å². The van der Waals surface area contributed by atoms with E-state index < -0.39 is 28.3 Å². The molecule has 0 aliphatic carbocycles. The summed E-state index contributed by atoms with van der Waals surface area (Å²) in [5.41, 5.74) is -0.00551. The van der Waals surface area contributed by atoms with Crippen molar-refractivity contribution < 1.29 is 17.6 Å². The second-order valence-electron chi connectivity index (χ2n) is 6.15.